The summed E-state index contributed by atoms with van der Waals surface area (Å²) < 4.78 is 3.62. The van der Waals surface area contributed by atoms with E-state index in [9.17, 15) is 0 Å². The molecule has 2 aromatic rings. The van der Waals surface area contributed by atoms with Crippen LogP contribution in [0.15, 0.2) is 24.5 Å². The molecular formula is C9H13N5. The summed E-state index contributed by atoms with van der Waals surface area (Å²) in [5, 5.41) is 8.54. The predicted octanol–water partition coefficient (Wildman–Crippen LogP) is 0.124. The first-order valence-corrected chi connectivity index (χ1v) is 4.49. The Morgan fingerprint density at radius 1 is 1.21 bits per heavy atom. The first-order chi connectivity index (χ1) is 6.78. The van der Waals surface area contributed by atoms with Crippen molar-refractivity contribution < 1.29 is 0 Å². The summed E-state index contributed by atoms with van der Waals surface area (Å²) in [6.45, 7) is 1.18. The number of aryl methyl sites for hydroxylation is 1. The number of hydrogen-bond donors (Lipinski definition) is 1. The van der Waals surface area contributed by atoms with Gasteiger partial charge < -0.3 is 5.73 Å². The first kappa shape index (κ1) is 8.96. The molecule has 0 aromatic carbocycles. The molecule has 2 aromatic heterocycles. The lowest BCUT2D eigenvalue weighted by molar-refractivity contribution is 0.641. The average Bonchev–Trinajstić information content (AvgIpc) is 2.76. The minimum atomic E-state index is 0.481. The van der Waals surface area contributed by atoms with E-state index in [-0.39, 0.29) is 0 Å². The number of hydrogen-bond acceptors (Lipinski definition) is 3. The van der Waals surface area contributed by atoms with Crippen molar-refractivity contribution in [2.45, 2.75) is 13.1 Å². The Labute approximate surface area is 82.1 Å². The molecule has 0 bridgehead atoms. The van der Waals surface area contributed by atoms with Gasteiger partial charge in [0.25, 0.3) is 0 Å². The highest BCUT2D eigenvalue weighted by Gasteiger charge is 2.00. The van der Waals surface area contributed by atoms with Gasteiger partial charge in [-0.1, -0.05) is 0 Å². The van der Waals surface area contributed by atoms with Crippen molar-refractivity contribution in [2.24, 2.45) is 12.8 Å². The van der Waals surface area contributed by atoms with Gasteiger partial charge in [-0.2, -0.15) is 10.2 Å². The highest BCUT2D eigenvalue weighted by Crippen LogP contribution is 2.00. The third-order valence-corrected chi connectivity index (χ3v) is 2.00. The van der Waals surface area contributed by atoms with Crippen LogP contribution in [0, 0.1) is 0 Å². The fourth-order valence-corrected chi connectivity index (χ4v) is 1.31. The smallest absolute Gasteiger partial charge is 0.0849 e. The molecular weight excluding hydrogens is 178 g/mol. The molecule has 0 aliphatic rings. The van der Waals surface area contributed by atoms with Crippen LogP contribution in [-0.4, -0.2) is 19.6 Å². The lowest BCUT2D eigenvalue weighted by Crippen LogP contribution is -2.04. The van der Waals surface area contributed by atoms with Gasteiger partial charge in [0.15, 0.2) is 0 Å². The number of aromatic nitrogens is 4. The summed E-state index contributed by atoms with van der Waals surface area (Å²) in [5.74, 6) is 0. The molecule has 0 unspecified atom stereocenters. The highest BCUT2D eigenvalue weighted by molar-refractivity contribution is 5.02. The molecule has 5 heteroatoms. The van der Waals surface area contributed by atoms with Crippen LogP contribution < -0.4 is 5.73 Å². The lowest BCUT2D eigenvalue weighted by Gasteiger charge is -1.96. The fourth-order valence-electron chi connectivity index (χ4n) is 1.31. The fraction of sp³-hybridized carbons (Fsp3) is 0.333. The summed E-state index contributed by atoms with van der Waals surface area (Å²) in [4.78, 5) is 0. The third-order valence-electron chi connectivity index (χ3n) is 2.00. The molecule has 14 heavy (non-hydrogen) atoms. The van der Waals surface area contributed by atoms with Crippen LogP contribution in [-0.2, 0) is 20.1 Å². The molecule has 0 spiro atoms. The van der Waals surface area contributed by atoms with E-state index in [4.69, 9.17) is 5.73 Å². The van der Waals surface area contributed by atoms with Crippen LogP contribution in [0.4, 0.5) is 0 Å². The Hall–Kier alpha value is -1.62. The van der Waals surface area contributed by atoms with Crippen LogP contribution >= 0.6 is 0 Å². The van der Waals surface area contributed by atoms with Crippen LogP contribution in [0.2, 0.25) is 0 Å². The summed E-state index contributed by atoms with van der Waals surface area (Å²) >= 11 is 0. The van der Waals surface area contributed by atoms with Crippen molar-refractivity contribution in [3.05, 3.63) is 35.9 Å². The van der Waals surface area contributed by atoms with Gasteiger partial charge in [-0.15, -0.1) is 0 Å². The maximum absolute atomic E-state index is 5.47. The average molecular weight is 191 g/mol. The van der Waals surface area contributed by atoms with Crippen molar-refractivity contribution in [2.75, 3.05) is 0 Å². The molecule has 2 rings (SSSR count). The van der Waals surface area contributed by atoms with Crippen LogP contribution in [0.5, 0.6) is 0 Å². The Kier molecular flexibility index (Phi) is 2.32. The lowest BCUT2D eigenvalue weighted by atomic mass is 10.4. The quantitative estimate of drug-likeness (QED) is 0.749. The topological polar surface area (TPSA) is 61.7 Å². The molecule has 2 heterocycles. The van der Waals surface area contributed by atoms with Crippen molar-refractivity contribution in [3.63, 3.8) is 0 Å². The van der Waals surface area contributed by atoms with E-state index in [2.05, 4.69) is 10.2 Å². The minimum absolute atomic E-state index is 0.481. The number of nitrogens with two attached hydrogens (primary N) is 1. The number of rotatable bonds is 3. The molecule has 0 aliphatic heterocycles. The summed E-state index contributed by atoms with van der Waals surface area (Å²) in [6.07, 6.45) is 3.83. The number of nitrogens with zero attached hydrogens (tertiary/aromatic N) is 4. The largest absolute Gasteiger partial charge is 0.325 e. The van der Waals surface area contributed by atoms with Gasteiger partial charge in [0.2, 0.25) is 0 Å². The van der Waals surface area contributed by atoms with Gasteiger partial charge >= 0.3 is 0 Å². The van der Waals surface area contributed by atoms with Crippen molar-refractivity contribution in [1.82, 2.24) is 19.6 Å². The van der Waals surface area contributed by atoms with Gasteiger partial charge in [-0.25, -0.2) is 0 Å². The Balaban J connectivity index is 2.10. The van der Waals surface area contributed by atoms with Gasteiger partial charge in [-0.3, -0.25) is 9.36 Å². The van der Waals surface area contributed by atoms with E-state index < -0.39 is 0 Å². The maximum atomic E-state index is 5.47. The summed E-state index contributed by atoms with van der Waals surface area (Å²) in [5.41, 5.74) is 7.37. The second-order valence-electron chi connectivity index (χ2n) is 3.19. The Morgan fingerprint density at radius 2 is 2.00 bits per heavy atom. The molecule has 0 saturated heterocycles. The molecule has 0 atom stereocenters. The van der Waals surface area contributed by atoms with Crippen LogP contribution in [0.25, 0.3) is 0 Å². The molecule has 0 radical (unpaired) electrons. The van der Waals surface area contributed by atoms with Crippen LogP contribution in [0.1, 0.15) is 11.4 Å². The highest BCUT2D eigenvalue weighted by atomic mass is 15.3. The Bertz CT molecular complexity index is 414. The Morgan fingerprint density at radius 3 is 2.57 bits per heavy atom. The second kappa shape index (κ2) is 3.63. The van der Waals surface area contributed by atoms with E-state index in [0.29, 0.717) is 13.1 Å². The van der Waals surface area contributed by atoms with Crippen LogP contribution in [0.3, 0.4) is 0 Å². The molecule has 5 nitrogen and oxygen atoms in total. The summed E-state index contributed by atoms with van der Waals surface area (Å²) in [6, 6.07) is 3.90. The standard InChI is InChI=1S/C9H13N5/c1-13-4-2-9(11-13)7-14-5-3-8(6-10)12-14/h2-5H,6-7,10H2,1H3. The molecule has 0 amide bonds. The van der Waals surface area contributed by atoms with Gasteiger partial charge in [-0.05, 0) is 12.1 Å². The molecule has 74 valence electrons. The normalized spacial score (nSPS) is 10.7. The van der Waals surface area contributed by atoms with E-state index >= 15 is 0 Å². The molecule has 2 N–H and O–H groups in total. The zero-order chi connectivity index (χ0) is 9.97. The predicted molar refractivity (Wildman–Crippen MR) is 52.4 cm³/mol. The van der Waals surface area contributed by atoms with E-state index in [1.165, 1.54) is 0 Å². The monoisotopic (exact) mass is 191 g/mol. The molecule has 0 saturated carbocycles. The zero-order valence-corrected chi connectivity index (χ0v) is 8.09. The van der Waals surface area contributed by atoms with E-state index in [0.717, 1.165) is 11.4 Å². The summed E-state index contributed by atoms with van der Waals surface area (Å²) in [7, 11) is 1.90. The molecule has 0 aliphatic carbocycles. The van der Waals surface area contributed by atoms with Gasteiger partial charge in [0.1, 0.15) is 0 Å². The van der Waals surface area contributed by atoms with Gasteiger partial charge in [0, 0.05) is 26.0 Å². The third kappa shape index (κ3) is 1.82. The van der Waals surface area contributed by atoms with Gasteiger partial charge in [0.05, 0.1) is 17.9 Å². The van der Waals surface area contributed by atoms with Crippen molar-refractivity contribution in [3.8, 4) is 0 Å². The van der Waals surface area contributed by atoms with E-state index in [1.807, 2.05) is 36.3 Å². The zero-order valence-electron chi connectivity index (χ0n) is 8.09. The van der Waals surface area contributed by atoms with E-state index in [1.54, 1.807) is 4.68 Å². The molecule has 0 fully saturated rings. The first-order valence-electron chi connectivity index (χ1n) is 4.49. The SMILES string of the molecule is Cn1ccc(Cn2ccc(CN)n2)n1. The van der Waals surface area contributed by atoms with Crippen molar-refractivity contribution in [1.29, 1.82) is 0 Å². The van der Waals surface area contributed by atoms with Crippen molar-refractivity contribution >= 4 is 0 Å². The second-order valence-corrected chi connectivity index (χ2v) is 3.19. The maximum Gasteiger partial charge on any atom is 0.0849 e. The minimum Gasteiger partial charge on any atom is -0.325 e.